The number of anilines is 1. The monoisotopic (exact) mass is 361 g/mol. The number of esters is 1. The zero-order valence-corrected chi connectivity index (χ0v) is 14.2. The summed E-state index contributed by atoms with van der Waals surface area (Å²) in [5.74, 6) is -0.0820. The van der Waals surface area contributed by atoms with Crippen molar-refractivity contribution in [1.29, 1.82) is 0 Å². The van der Waals surface area contributed by atoms with Gasteiger partial charge in [0.2, 0.25) is 6.10 Å². The van der Waals surface area contributed by atoms with Gasteiger partial charge < -0.3 is 19.5 Å². The van der Waals surface area contributed by atoms with Crippen molar-refractivity contribution in [1.82, 2.24) is 0 Å². The van der Waals surface area contributed by atoms with Gasteiger partial charge in [-0.15, -0.1) is 0 Å². The molecule has 6 nitrogen and oxygen atoms in total. The van der Waals surface area contributed by atoms with Gasteiger partial charge in [0.1, 0.15) is 6.10 Å². The van der Waals surface area contributed by atoms with Gasteiger partial charge in [-0.1, -0.05) is 23.7 Å². The Morgan fingerprint density at radius 3 is 2.40 bits per heavy atom. The molecule has 1 aliphatic heterocycles. The fourth-order valence-corrected chi connectivity index (χ4v) is 2.45. The Balaban J connectivity index is 1.54. The molecule has 1 aliphatic rings. The van der Waals surface area contributed by atoms with E-state index in [0.29, 0.717) is 22.2 Å². The van der Waals surface area contributed by atoms with Gasteiger partial charge in [-0.3, -0.25) is 4.79 Å². The second kappa shape index (κ2) is 7.44. The van der Waals surface area contributed by atoms with E-state index in [2.05, 4.69) is 5.32 Å². The van der Waals surface area contributed by atoms with E-state index in [9.17, 15) is 9.59 Å². The molecule has 0 fully saturated rings. The molecule has 1 N–H and O–H groups in total. The average Bonchev–Trinajstić information content (AvgIpc) is 2.61. The molecule has 0 aliphatic carbocycles. The lowest BCUT2D eigenvalue weighted by atomic mass is 10.2. The topological polar surface area (TPSA) is 73.9 Å². The van der Waals surface area contributed by atoms with E-state index in [1.54, 1.807) is 49.4 Å². The lowest BCUT2D eigenvalue weighted by Gasteiger charge is -2.30. The van der Waals surface area contributed by atoms with Crippen LogP contribution < -0.4 is 14.8 Å². The summed E-state index contributed by atoms with van der Waals surface area (Å²) in [6.07, 6.45) is -1.46. The van der Waals surface area contributed by atoms with E-state index in [4.69, 9.17) is 25.8 Å². The van der Waals surface area contributed by atoms with Crippen LogP contribution >= 0.6 is 11.6 Å². The van der Waals surface area contributed by atoms with Crippen molar-refractivity contribution in [3.63, 3.8) is 0 Å². The number of hydrogen-bond donors (Lipinski definition) is 1. The van der Waals surface area contributed by atoms with E-state index in [1.165, 1.54) is 0 Å². The molecule has 130 valence electrons. The molecule has 7 heteroatoms. The lowest BCUT2D eigenvalue weighted by molar-refractivity contribution is -0.159. The van der Waals surface area contributed by atoms with E-state index < -0.39 is 30.7 Å². The van der Waals surface area contributed by atoms with Crippen LogP contribution in [0.1, 0.15) is 6.92 Å². The molecule has 0 radical (unpaired) electrons. The first kappa shape index (κ1) is 17.1. The van der Waals surface area contributed by atoms with E-state index >= 15 is 0 Å². The van der Waals surface area contributed by atoms with E-state index in [0.717, 1.165) is 0 Å². The van der Waals surface area contributed by atoms with E-state index in [-0.39, 0.29) is 0 Å². The minimum atomic E-state index is -0.932. The predicted octanol–water partition coefficient (Wildman–Crippen LogP) is 3.05. The number of halogens is 1. The van der Waals surface area contributed by atoms with Gasteiger partial charge in [-0.25, -0.2) is 4.79 Å². The maximum Gasteiger partial charge on any atom is 0.351 e. The number of rotatable bonds is 4. The van der Waals surface area contributed by atoms with Crippen LogP contribution in [0, 0.1) is 0 Å². The van der Waals surface area contributed by atoms with Crippen LogP contribution in [-0.2, 0) is 14.3 Å². The minimum absolute atomic E-state index is 0.421. The number of carbonyl (C=O) groups is 2. The molecular weight excluding hydrogens is 346 g/mol. The molecular formula is C18H16ClNO5. The molecule has 0 saturated heterocycles. The minimum Gasteiger partial charge on any atom is -0.482 e. The van der Waals surface area contributed by atoms with E-state index in [1.807, 2.05) is 6.07 Å². The predicted molar refractivity (Wildman–Crippen MR) is 92.0 cm³/mol. The molecule has 2 unspecified atom stereocenters. The standard InChI is InChI=1S/C18H16ClNO5/c1-11-17(25-15-5-3-2-4-14(15)24-11)18(22)23-10-16(21)20-13-8-6-12(19)7-9-13/h2-9,11,17H,10H2,1H3,(H,20,21). The Bertz CT molecular complexity index is 777. The van der Waals surface area contributed by atoms with Crippen LogP contribution in [0.25, 0.3) is 0 Å². The molecule has 0 aromatic heterocycles. The Morgan fingerprint density at radius 2 is 1.72 bits per heavy atom. The summed E-state index contributed by atoms with van der Waals surface area (Å²) in [5, 5.41) is 3.17. The molecule has 1 amide bonds. The van der Waals surface area contributed by atoms with Crippen molar-refractivity contribution in [3.8, 4) is 11.5 Å². The Hall–Kier alpha value is -2.73. The number of ether oxygens (including phenoxy) is 3. The molecule has 0 saturated carbocycles. The smallest absolute Gasteiger partial charge is 0.351 e. The maximum atomic E-state index is 12.2. The third kappa shape index (κ3) is 4.22. The fraction of sp³-hybridized carbons (Fsp3) is 0.222. The summed E-state index contributed by atoms with van der Waals surface area (Å²) in [6.45, 7) is 1.28. The number of hydrogen-bond acceptors (Lipinski definition) is 5. The number of para-hydroxylation sites is 2. The molecule has 2 atom stereocenters. The average molecular weight is 362 g/mol. The van der Waals surface area contributed by atoms with Crippen molar-refractivity contribution >= 4 is 29.2 Å². The number of fused-ring (bicyclic) bond motifs is 1. The third-order valence-electron chi connectivity index (χ3n) is 3.55. The highest BCUT2D eigenvalue weighted by molar-refractivity contribution is 6.30. The molecule has 3 rings (SSSR count). The zero-order valence-electron chi connectivity index (χ0n) is 13.4. The highest BCUT2D eigenvalue weighted by atomic mass is 35.5. The molecule has 0 bridgehead atoms. The summed E-state index contributed by atoms with van der Waals surface area (Å²) in [6, 6.07) is 13.7. The van der Waals surface area contributed by atoms with Crippen LogP contribution in [0.2, 0.25) is 5.02 Å². The van der Waals surface area contributed by atoms with Crippen LogP contribution in [0.3, 0.4) is 0 Å². The zero-order chi connectivity index (χ0) is 17.8. The summed E-state index contributed by atoms with van der Waals surface area (Å²) >= 11 is 5.78. The Labute approximate surface area is 149 Å². The summed E-state index contributed by atoms with van der Waals surface area (Å²) in [5.41, 5.74) is 0.560. The number of benzene rings is 2. The van der Waals surface area contributed by atoms with Gasteiger partial charge in [0.25, 0.3) is 5.91 Å². The van der Waals surface area contributed by atoms with Gasteiger partial charge in [0.15, 0.2) is 18.1 Å². The van der Waals surface area contributed by atoms with Crippen molar-refractivity contribution < 1.29 is 23.8 Å². The van der Waals surface area contributed by atoms with Crippen LogP contribution in [0.5, 0.6) is 11.5 Å². The van der Waals surface area contributed by atoms with Crippen LogP contribution in [-0.4, -0.2) is 30.7 Å². The van der Waals surface area contributed by atoms with Crippen LogP contribution in [0.15, 0.2) is 48.5 Å². The van der Waals surface area contributed by atoms with Crippen molar-refractivity contribution in [2.45, 2.75) is 19.1 Å². The molecule has 25 heavy (non-hydrogen) atoms. The second-order valence-corrected chi connectivity index (χ2v) is 5.91. The fourth-order valence-electron chi connectivity index (χ4n) is 2.33. The number of amides is 1. The van der Waals surface area contributed by atoms with Crippen LogP contribution in [0.4, 0.5) is 5.69 Å². The SMILES string of the molecule is CC1Oc2ccccc2OC1C(=O)OCC(=O)Nc1ccc(Cl)cc1. The van der Waals surface area contributed by atoms with Gasteiger partial charge in [0, 0.05) is 10.7 Å². The van der Waals surface area contributed by atoms with Crippen molar-refractivity contribution in [2.75, 3.05) is 11.9 Å². The van der Waals surface area contributed by atoms with Crippen molar-refractivity contribution in [2.24, 2.45) is 0 Å². The van der Waals surface area contributed by atoms with Gasteiger partial charge >= 0.3 is 5.97 Å². The largest absolute Gasteiger partial charge is 0.482 e. The van der Waals surface area contributed by atoms with Crippen molar-refractivity contribution in [3.05, 3.63) is 53.6 Å². The summed E-state index contributed by atoms with van der Waals surface area (Å²) in [7, 11) is 0. The second-order valence-electron chi connectivity index (χ2n) is 5.47. The highest BCUT2D eigenvalue weighted by Gasteiger charge is 2.35. The molecule has 0 spiro atoms. The maximum absolute atomic E-state index is 12.2. The van der Waals surface area contributed by atoms with Gasteiger partial charge in [0.05, 0.1) is 0 Å². The quantitative estimate of drug-likeness (QED) is 0.847. The number of carbonyl (C=O) groups excluding carboxylic acids is 2. The van der Waals surface area contributed by atoms with Gasteiger partial charge in [-0.2, -0.15) is 0 Å². The first-order valence-corrected chi connectivity index (χ1v) is 8.05. The molecule has 2 aromatic carbocycles. The number of nitrogens with one attached hydrogen (secondary N) is 1. The highest BCUT2D eigenvalue weighted by Crippen LogP contribution is 2.33. The molecule has 1 heterocycles. The lowest BCUT2D eigenvalue weighted by Crippen LogP contribution is -2.45. The first-order valence-electron chi connectivity index (χ1n) is 7.67. The Morgan fingerprint density at radius 1 is 1.08 bits per heavy atom. The normalized spacial score (nSPS) is 18.3. The summed E-state index contributed by atoms with van der Waals surface area (Å²) in [4.78, 5) is 24.1. The van der Waals surface area contributed by atoms with Gasteiger partial charge in [-0.05, 0) is 43.3 Å². The summed E-state index contributed by atoms with van der Waals surface area (Å²) < 4.78 is 16.3. The Kier molecular flexibility index (Phi) is 5.09. The first-order chi connectivity index (χ1) is 12.0. The third-order valence-corrected chi connectivity index (χ3v) is 3.80. The molecule has 2 aromatic rings.